The van der Waals surface area contributed by atoms with Crippen LogP contribution in [0.1, 0.15) is 4.88 Å². The Bertz CT molecular complexity index is 359. The van der Waals surface area contributed by atoms with E-state index in [1.165, 1.54) is 11.3 Å². The van der Waals surface area contributed by atoms with Gasteiger partial charge in [0.15, 0.2) is 0 Å². The first-order valence-corrected chi connectivity index (χ1v) is 6.30. The van der Waals surface area contributed by atoms with Crippen molar-refractivity contribution < 1.29 is 19.5 Å². The van der Waals surface area contributed by atoms with Crippen molar-refractivity contribution in [2.45, 2.75) is 6.61 Å². The number of nitrogens with two attached hydrogens (primary N) is 1. The third-order valence-electron chi connectivity index (χ3n) is 1.86. The van der Waals surface area contributed by atoms with Crippen LogP contribution in [-0.2, 0) is 11.3 Å². The van der Waals surface area contributed by atoms with Crippen LogP contribution in [0.4, 0.5) is 4.79 Å². The molecule has 0 bridgehead atoms. The van der Waals surface area contributed by atoms with Crippen LogP contribution in [0, 0.1) is 0 Å². The maximum atomic E-state index is 10.5. The van der Waals surface area contributed by atoms with Gasteiger partial charge in [0.2, 0.25) is 0 Å². The molecule has 0 radical (unpaired) electrons. The van der Waals surface area contributed by atoms with Crippen LogP contribution in [0.5, 0.6) is 5.75 Å². The Morgan fingerprint density at radius 3 is 3.06 bits per heavy atom. The van der Waals surface area contributed by atoms with E-state index >= 15 is 0 Å². The van der Waals surface area contributed by atoms with Gasteiger partial charge in [0.05, 0.1) is 24.6 Å². The lowest BCUT2D eigenvalue weighted by Crippen LogP contribution is -2.35. The first kappa shape index (κ1) is 14.1. The van der Waals surface area contributed by atoms with E-state index in [0.29, 0.717) is 17.6 Å². The van der Waals surface area contributed by atoms with E-state index in [1.54, 1.807) is 0 Å². The van der Waals surface area contributed by atoms with Gasteiger partial charge in [-0.15, -0.1) is 24.0 Å². The summed E-state index contributed by atoms with van der Waals surface area (Å²) in [5.41, 5.74) is 4.83. The summed E-state index contributed by atoms with van der Waals surface area (Å²) in [6.07, 6.45) is 0. The van der Waals surface area contributed by atoms with Crippen molar-refractivity contribution in [3.05, 3.63) is 16.3 Å². The Kier molecular flexibility index (Phi) is 6.12. The Balaban J connectivity index is 2.26. The van der Waals surface area contributed by atoms with Gasteiger partial charge in [0.25, 0.3) is 0 Å². The zero-order valence-corrected chi connectivity index (χ0v) is 10.7. The molecule has 0 aliphatic heterocycles. The average molecular weight is 278 g/mol. The molecule has 1 aromatic heterocycles. The lowest BCUT2D eigenvalue weighted by molar-refractivity contribution is -0.0579. The summed E-state index contributed by atoms with van der Waals surface area (Å²) in [6, 6.07) is 0.935. The lowest BCUT2D eigenvalue weighted by atomic mass is 10.4. The van der Waals surface area contributed by atoms with Crippen LogP contribution < -0.4 is 10.5 Å². The van der Waals surface area contributed by atoms with E-state index in [2.05, 4.69) is 12.6 Å². The molecule has 2 amide bonds. The quantitative estimate of drug-likeness (QED) is 0.231. The molecule has 0 spiro atoms. The maximum Gasteiger partial charge on any atom is 0.338 e. The molecule has 1 rings (SSSR count). The maximum absolute atomic E-state index is 10.5. The highest BCUT2D eigenvalue weighted by atomic mass is 32.1. The molecule has 0 fully saturated rings. The monoisotopic (exact) mass is 278 g/mol. The van der Waals surface area contributed by atoms with Gasteiger partial charge in [0, 0.05) is 0 Å². The number of hydrogen-bond donors (Lipinski definition) is 3. The van der Waals surface area contributed by atoms with Crippen molar-refractivity contribution >= 4 is 30.0 Å². The number of thiophene rings is 1. The van der Waals surface area contributed by atoms with Crippen molar-refractivity contribution in [1.29, 1.82) is 0 Å². The summed E-state index contributed by atoms with van der Waals surface area (Å²) >= 11 is 5.47. The third kappa shape index (κ3) is 4.82. The smallest absolute Gasteiger partial charge is 0.338 e. The van der Waals surface area contributed by atoms with Crippen molar-refractivity contribution in [2.75, 3.05) is 19.1 Å². The number of thiol groups is 1. The van der Waals surface area contributed by atoms with Crippen LogP contribution >= 0.6 is 24.0 Å². The molecule has 0 aliphatic rings. The second-order valence-electron chi connectivity index (χ2n) is 3.00. The normalized spacial score (nSPS) is 10.2. The van der Waals surface area contributed by atoms with Gasteiger partial charge in [-0.05, 0) is 11.4 Å². The van der Waals surface area contributed by atoms with Crippen LogP contribution in [0.2, 0.25) is 0 Å². The molecule has 1 heterocycles. The molecule has 6 nitrogen and oxygen atoms in total. The molecule has 8 heteroatoms. The van der Waals surface area contributed by atoms with Gasteiger partial charge in [0.1, 0.15) is 11.7 Å². The van der Waals surface area contributed by atoms with Crippen LogP contribution in [0.25, 0.3) is 0 Å². The standard InChI is InChI=1S/C9H14N2O4S2/c10-9(12)11(13)2-3-14-5-8-7(15-6-16)1-4-17-8/h1,4,13,16H,2-3,5-6H2,(H2,10,12). The van der Waals surface area contributed by atoms with Gasteiger partial charge in [-0.3, -0.25) is 5.21 Å². The molecule has 0 aliphatic carbocycles. The minimum atomic E-state index is -0.899. The molecule has 17 heavy (non-hydrogen) atoms. The van der Waals surface area contributed by atoms with Crippen LogP contribution in [0.15, 0.2) is 11.4 Å². The SMILES string of the molecule is NC(=O)N(O)CCOCc1sccc1OCS. The molecular formula is C9H14N2O4S2. The predicted octanol–water partition coefficient (Wildman–Crippen LogP) is 1.30. The second kappa shape index (κ2) is 7.38. The first-order valence-electron chi connectivity index (χ1n) is 4.78. The fraction of sp³-hybridized carbons (Fsp3) is 0.444. The van der Waals surface area contributed by atoms with Crippen molar-refractivity contribution in [3.63, 3.8) is 0 Å². The minimum Gasteiger partial charge on any atom is -0.482 e. The molecule has 3 N–H and O–H groups in total. The molecule has 1 aromatic rings. The molecular weight excluding hydrogens is 264 g/mol. The molecule has 0 unspecified atom stereocenters. The molecule has 0 atom stereocenters. The fourth-order valence-electron chi connectivity index (χ4n) is 1.06. The average Bonchev–Trinajstić information content (AvgIpc) is 2.72. The van der Waals surface area contributed by atoms with E-state index in [4.69, 9.17) is 20.4 Å². The summed E-state index contributed by atoms with van der Waals surface area (Å²) in [6.45, 7) is 0.578. The van der Waals surface area contributed by atoms with Gasteiger partial charge >= 0.3 is 6.03 Å². The Labute approximate surface area is 108 Å². The number of ether oxygens (including phenoxy) is 2. The molecule has 0 aromatic carbocycles. The number of hydroxylamine groups is 2. The first-order chi connectivity index (χ1) is 8.15. The van der Waals surface area contributed by atoms with Gasteiger partial charge < -0.3 is 15.2 Å². The van der Waals surface area contributed by atoms with Gasteiger partial charge in [-0.1, -0.05) is 0 Å². The van der Waals surface area contributed by atoms with Gasteiger partial charge in [-0.25, -0.2) is 9.86 Å². The zero-order valence-electron chi connectivity index (χ0n) is 9.04. The number of carbonyl (C=O) groups is 1. The second-order valence-corrected chi connectivity index (χ2v) is 4.25. The van der Waals surface area contributed by atoms with E-state index in [9.17, 15) is 4.79 Å². The Hall–Kier alpha value is -0.960. The summed E-state index contributed by atoms with van der Waals surface area (Å²) in [7, 11) is 0. The Morgan fingerprint density at radius 1 is 1.65 bits per heavy atom. The Morgan fingerprint density at radius 2 is 2.41 bits per heavy atom. The van der Waals surface area contributed by atoms with Crippen molar-refractivity contribution in [1.82, 2.24) is 5.06 Å². The highest BCUT2D eigenvalue weighted by Crippen LogP contribution is 2.25. The topological polar surface area (TPSA) is 85.0 Å². The molecule has 0 saturated carbocycles. The summed E-state index contributed by atoms with van der Waals surface area (Å²) < 4.78 is 10.5. The number of amides is 2. The van der Waals surface area contributed by atoms with Crippen LogP contribution in [-0.4, -0.2) is 35.4 Å². The summed E-state index contributed by atoms with van der Waals surface area (Å²) in [5.74, 6) is 1.04. The number of nitrogens with zero attached hydrogens (tertiary/aromatic N) is 1. The van der Waals surface area contributed by atoms with E-state index < -0.39 is 6.03 Å². The minimum absolute atomic E-state index is 0.0312. The number of carbonyl (C=O) groups excluding carboxylic acids is 1. The van der Waals surface area contributed by atoms with E-state index in [-0.39, 0.29) is 13.2 Å². The highest BCUT2D eigenvalue weighted by Gasteiger charge is 2.07. The number of urea groups is 1. The molecule has 96 valence electrons. The third-order valence-corrected chi connectivity index (χ3v) is 2.86. The summed E-state index contributed by atoms with van der Waals surface area (Å²) in [5, 5.41) is 11.3. The number of hydrogen-bond acceptors (Lipinski definition) is 6. The van der Waals surface area contributed by atoms with E-state index in [1.807, 2.05) is 11.4 Å². The van der Waals surface area contributed by atoms with Gasteiger partial charge in [-0.2, -0.15) is 0 Å². The summed E-state index contributed by atoms with van der Waals surface area (Å²) in [4.78, 5) is 11.4. The van der Waals surface area contributed by atoms with Crippen molar-refractivity contribution in [3.8, 4) is 5.75 Å². The number of rotatable bonds is 7. The fourth-order valence-corrected chi connectivity index (χ4v) is 1.95. The largest absolute Gasteiger partial charge is 0.482 e. The van der Waals surface area contributed by atoms with E-state index in [0.717, 1.165) is 10.6 Å². The molecule has 0 saturated heterocycles. The highest BCUT2D eigenvalue weighted by molar-refractivity contribution is 7.80. The van der Waals surface area contributed by atoms with Crippen molar-refractivity contribution in [2.24, 2.45) is 5.73 Å². The van der Waals surface area contributed by atoms with Crippen LogP contribution in [0.3, 0.4) is 0 Å². The zero-order chi connectivity index (χ0) is 12.7. The lowest BCUT2D eigenvalue weighted by Gasteiger charge is -2.11. The predicted molar refractivity (Wildman–Crippen MR) is 66.5 cm³/mol. The number of primary amides is 1.